The number of aliphatic hydroxyl groups excluding tert-OH is 1. The molecule has 1 N–H and O–H groups in total. The highest BCUT2D eigenvalue weighted by Crippen LogP contribution is 2.33. The Hall–Kier alpha value is -0.540. The maximum Gasteiger partial charge on any atom is 0.106 e. The molecule has 0 saturated heterocycles. The number of rotatable bonds is 2. The Bertz CT molecular complexity index is 525. The van der Waals surface area contributed by atoms with Crippen molar-refractivity contribution < 1.29 is 5.11 Å². The summed E-state index contributed by atoms with van der Waals surface area (Å²) >= 11 is 15.3. The van der Waals surface area contributed by atoms with E-state index in [9.17, 15) is 5.11 Å². The molecule has 0 radical (unpaired) electrons. The minimum absolute atomic E-state index is 0.523. The Morgan fingerprint density at radius 2 is 1.65 bits per heavy atom. The molecule has 0 aliphatic carbocycles. The van der Waals surface area contributed by atoms with E-state index < -0.39 is 6.10 Å². The van der Waals surface area contributed by atoms with Gasteiger partial charge in [0.25, 0.3) is 0 Å². The lowest BCUT2D eigenvalue weighted by molar-refractivity contribution is 0.220. The van der Waals surface area contributed by atoms with Crippen molar-refractivity contribution in [2.75, 3.05) is 0 Å². The van der Waals surface area contributed by atoms with Crippen molar-refractivity contribution in [2.45, 2.75) is 6.10 Å². The van der Waals surface area contributed by atoms with E-state index in [-0.39, 0.29) is 0 Å². The Labute approximate surface area is 118 Å². The first-order valence-corrected chi connectivity index (χ1v) is 6.52. The van der Waals surface area contributed by atoms with E-state index in [1.807, 2.05) is 12.1 Å². The van der Waals surface area contributed by atoms with Gasteiger partial charge in [-0.3, -0.25) is 0 Å². The molecule has 2 aromatic rings. The van der Waals surface area contributed by atoms with Crippen LogP contribution in [0.1, 0.15) is 17.2 Å². The summed E-state index contributed by atoms with van der Waals surface area (Å²) in [4.78, 5) is 0. The largest absolute Gasteiger partial charge is 0.384 e. The zero-order chi connectivity index (χ0) is 12.4. The number of aliphatic hydroxyl groups is 1. The molecular weight excluding hydrogens is 323 g/mol. The van der Waals surface area contributed by atoms with Crippen LogP contribution in [0.15, 0.2) is 46.9 Å². The zero-order valence-corrected chi connectivity index (χ0v) is 11.8. The van der Waals surface area contributed by atoms with Crippen LogP contribution in [0, 0.1) is 0 Å². The maximum absolute atomic E-state index is 10.2. The summed E-state index contributed by atoms with van der Waals surface area (Å²) in [6.45, 7) is 0. The van der Waals surface area contributed by atoms with Crippen molar-refractivity contribution >= 4 is 39.1 Å². The fraction of sp³-hybridized carbons (Fsp3) is 0.0769. The minimum atomic E-state index is -0.753. The number of benzene rings is 2. The van der Waals surface area contributed by atoms with Crippen molar-refractivity contribution in [3.63, 3.8) is 0 Å². The summed E-state index contributed by atoms with van der Waals surface area (Å²) in [7, 11) is 0. The topological polar surface area (TPSA) is 20.2 Å². The quantitative estimate of drug-likeness (QED) is 0.835. The molecule has 0 fully saturated rings. The van der Waals surface area contributed by atoms with Gasteiger partial charge in [-0.15, -0.1) is 0 Å². The Morgan fingerprint density at radius 3 is 2.29 bits per heavy atom. The van der Waals surface area contributed by atoms with E-state index in [2.05, 4.69) is 15.9 Å². The normalized spacial score (nSPS) is 12.5. The molecule has 1 atom stereocenters. The van der Waals surface area contributed by atoms with Crippen molar-refractivity contribution in [2.24, 2.45) is 0 Å². The van der Waals surface area contributed by atoms with Crippen LogP contribution in [0.2, 0.25) is 10.0 Å². The van der Waals surface area contributed by atoms with E-state index in [0.29, 0.717) is 15.6 Å². The first kappa shape index (κ1) is 12.9. The molecule has 0 aliphatic rings. The van der Waals surface area contributed by atoms with Gasteiger partial charge in [0.1, 0.15) is 6.10 Å². The average Bonchev–Trinajstić information content (AvgIpc) is 2.33. The van der Waals surface area contributed by atoms with Crippen molar-refractivity contribution in [3.8, 4) is 0 Å². The van der Waals surface area contributed by atoms with Crippen molar-refractivity contribution in [1.29, 1.82) is 0 Å². The Balaban J connectivity index is 2.40. The smallest absolute Gasteiger partial charge is 0.106 e. The monoisotopic (exact) mass is 330 g/mol. The van der Waals surface area contributed by atoms with E-state index in [1.54, 1.807) is 30.3 Å². The second-order valence-electron chi connectivity index (χ2n) is 3.60. The van der Waals surface area contributed by atoms with Gasteiger partial charge < -0.3 is 5.11 Å². The van der Waals surface area contributed by atoms with Gasteiger partial charge in [0.2, 0.25) is 0 Å². The molecule has 0 saturated carbocycles. The summed E-state index contributed by atoms with van der Waals surface area (Å²) in [6.07, 6.45) is -0.753. The van der Waals surface area contributed by atoms with Gasteiger partial charge in [0.15, 0.2) is 0 Å². The summed E-state index contributed by atoms with van der Waals surface area (Å²) in [5.74, 6) is 0. The molecule has 1 nitrogen and oxygen atoms in total. The molecule has 2 aromatic carbocycles. The lowest BCUT2D eigenvalue weighted by atomic mass is 10.0. The molecule has 0 bridgehead atoms. The molecule has 0 aromatic heterocycles. The van der Waals surface area contributed by atoms with Gasteiger partial charge >= 0.3 is 0 Å². The highest BCUT2D eigenvalue weighted by atomic mass is 79.9. The van der Waals surface area contributed by atoms with Crippen LogP contribution in [0.3, 0.4) is 0 Å². The SMILES string of the molecule is OC(c1ccc(Cl)cc1)c1cccc(Br)c1Cl. The molecule has 2 rings (SSSR count). The molecule has 88 valence electrons. The first-order chi connectivity index (χ1) is 8.09. The van der Waals surface area contributed by atoms with Gasteiger partial charge in [-0.25, -0.2) is 0 Å². The van der Waals surface area contributed by atoms with Gasteiger partial charge in [-0.2, -0.15) is 0 Å². The minimum Gasteiger partial charge on any atom is -0.384 e. The summed E-state index contributed by atoms with van der Waals surface area (Å²) < 4.78 is 0.768. The number of hydrogen-bond acceptors (Lipinski definition) is 1. The van der Waals surface area contributed by atoms with Gasteiger partial charge in [-0.05, 0) is 39.7 Å². The second kappa shape index (κ2) is 5.40. The molecule has 0 spiro atoms. The molecule has 1 unspecified atom stereocenters. The van der Waals surface area contributed by atoms with Gasteiger partial charge in [-0.1, -0.05) is 47.5 Å². The fourth-order valence-corrected chi connectivity index (χ4v) is 2.29. The lowest BCUT2D eigenvalue weighted by Gasteiger charge is -2.14. The molecule has 0 heterocycles. The van der Waals surface area contributed by atoms with Crippen LogP contribution in [-0.2, 0) is 0 Å². The highest BCUT2D eigenvalue weighted by Gasteiger charge is 2.15. The zero-order valence-electron chi connectivity index (χ0n) is 8.70. The lowest BCUT2D eigenvalue weighted by Crippen LogP contribution is -2.00. The van der Waals surface area contributed by atoms with Crippen molar-refractivity contribution in [3.05, 3.63) is 68.1 Å². The third-order valence-electron chi connectivity index (χ3n) is 2.46. The van der Waals surface area contributed by atoms with Crippen LogP contribution in [0.4, 0.5) is 0 Å². The van der Waals surface area contributed by atoms with E-state index in [1.165, 1.54) is 0 Å². The van der Waals surface area contributed by atoms with E-state index >= 15 is 0 Å². The molecular formula is C13H9BrCl2O. The molecule has 0 aliphatic heterocycles. The molecule has 17 heavy (non-hydrogen) atoms. The van der Waals surface area contributed by atoms with Crippen LogP contribution in [-0.4, -0.2) is 5.11 Å². The second-order valence-corrected chi connectivity index (χ2v) is 5.27. The fourth-order valence-electron chi connectivity index (χ4n) is 1.56. The number of halogens is 3. The van der Waals surface area contributed by atoms with E-state index in [0.717, 1.165) is 10.0 Å². The first-order valence-electron chi connectivity index (χ1n) is 4.97. The Kier molecular flexibility index (Phi) is 4.10. The standard InChI is InChI=1S/C13H9BrCl2O/c14-11-3-1-2-10(12(11)16)13(17)8-4-6-9(15)7-5-8/h1-7,13,17H. The maximum atomic E-state index is 10.2. The predicted octanol–water partition coefficient (Wildman–Crippen LogP) is 4.84. The van der Waals surface area contributed by atoms with Gasteiger partial charge in [0.05, 0.1) is 5.02 Å². The molecule has 0 amide bonds. The number of hydrogen-bond donors (Lipinski definition) is 1. The summed E-state index contributed by atoms with van der Waals surface area (Å²) in [6, 6.07) is 12.5. The average molecular weight is 332 g/mol. The summed E-state index contributed by atoms with van der Waals surface area (Å²) in [5.41, 5.74) is 1.43. The summed E-state index contributed by atoms with van der Waals surface area (Å²) in [5, 5.41) is 11.4. The van der Waals surface area contributed by atoms with Crippen LogP contribution in [0.5, 0.6) is 0 Å². The highest BCUT2D eigenvalue weighted by molar-refractivity contribution is 9.10. The predicted molar refractivity (Wildman–Crippen MR) is 74.7 cm³/mol. The Morgan fingerprint density at radius 1 is 1.00 bits per heavy atom. The van der Waals surface area contributed by atoms with E-state index in [4.69, 9.17) is 23.2 Å². The van der Waals surface area contributed by atoms with Crippen LogP contribution < -0.4 is 0 Å². The van der Waals surface area contributed by atoms with Crippen LogP contribution in [0.25, 0.3) is 0 Å². The third-order valence-corrected chi connectivity index (χ3v) is 4.02. The van der Waals surface area contributed by atoms with Gasteiger partial charge in [0, 0.05) is 15.1 Å². The third kappa shape index (κ3) is 2.83. The molecule has 4 heteroatoms. The van der Waals surface area contributed by atoms with Crippen LogP contribution >= 0.6 is 39.1 Å². The van der Waals surface area contributed by atoms with Crippen molar-refractivity contribution in [1.82, 2.24) is 0 Å².